The highest BCUT2D eigenvalue weighted by Crippen LogP contribution is 2.14. The first-order valence-corrected chi connectivity index (χ1v) is 7.28. The first-order valence-electron chi connectivity index (χ1n) is 6.16. The van der Waals surface area contributed by atoms with E-state index in [-0.39, 0.29) is 0 Å². The highest BCUT2D eigenvalue weighted by Gasteiger charge is 2.04. The maximum Gasteiger partial charge on any atom is 0.180 e. The Morgan fingerprint density at radius 3 is 2.78 bits per heavy atom. The Hall–Kier alpha value is -1.23. The summed E-state index contributed by atoms with van der Waals surface area (Å²) in [6, 6.07) is 3.97. The summed E-state index contributed by atoms with van der Waals surface area (Å²) in [5.41, 5.74) is 1.55. The van der Waals surface area contributed by atoms with Crippen molar-refractivity contribution in [3.63, 3.8) is 0 Å². The number of halogens is 1. The molecule has 0 aliphatic heterocycles. The quantitative estimate of drug-likeness (QED) is 0.607. The van der Waals surface area contributed by atoms with E-state index in [1.54, 1.807) is 12.4 Å². The lowest BCUT2D eigenvalue weighted by atomic mass is 10.2. The maximum absolute atomic E-state index is 4.52. The molecule has 0 atom stereocenters. The standard InChI is InChI=1S/C13H17BrN4/c1-18(10-4-2-3-7-14)12-6-5-11-13(17-12)16-9-8-15-11/h5-6,8-9H,2-4,7,10H2,1H3. The van der Waals surface area contributed by atoms with Gasteiger partial charge in [-0.3, -0.25) is 4.98 Å². The van der Waals surface area contributed by atoms with Gasteiger partial charge in [-0.15, -0.1) is 0 Å². The van der Waals surface area contributed by atoms with Gasteiger partial charge in [0.05, 0.1) is 0 Å². The molecule has 2 heterocycles. The molecule has 0 N–H and O–H groups in total. The number of aromatic nitrogens is 3. The third kappa shape index (κ3) is 3.38. The van der Waals surface area contributed by atoms with E-state index in [9.17, 15) is 0 Å². The van der Waals surface area contributed by atoms with Gasteiger partial charge in [0.2, 0.25) is 0 Å². The number of hydrogen-bond acceptors (Lipinski definition) is 4. The van der Waals surface area contributed by atoms with Crippen molar-refractivity contribution in [1.29, 1.82) is 0 Å². The van der Waals surface area contributed by atoms with Crippen molar-refractivity contribution in [2.45, 2.75) is 19.3 Å². The Bertz CT molecular complexity index is 503. The zero-order valence-electron chi connectivity index (χ0n) is 10.5. The highest BCUT2D eigenvalue weighted by atomic mass is 79.9. The van der Waals surface area contributed by atoms with Crippen LogP contribution in [0.2, 0.25) is 0 Å². The fraction of sp³-hybridized carbons (Fsp3) is 0.462. The van der Waals surface area contributed by atoms with Crippen molar-refractivity contribution in [3.05, 3.63) is 24.5 Å². The molecule has 0 fully saturated rings. The summed E-state index contributed by atoms with van der Waals surface area (Å²) in [5.74, 6) is 0.960. The lowest BCUT2D eigenvalue weighted by Gasteiger charge is -2.17. The van der Waals surface area contributed by atoms with Gasteiger partial charge in [-0.05, 0) is 25.0 Å². The largest absolute Gasteiger partial charge is 0.360 e. The Morgan fingerprint density at radius 2 is 1.94 bits per heavy atom. The van der Waals surface area contributed by atoms with Gasteiger partial charge in [-0.2, -0.15) is 0 Å². The van der Waals surface area contributed by atoms with Crippen molar-refractivity contribution in [2.75, 3.05) is 23.8 Å². The average molecular weight is 309 g/mol. The second-order valence-electron chi connectivity index (χ2n) is 4.24. The normalized spacial score (nSPS) is 10.8. The predicted molar refractivity (Wildman–Crippen MR) is 78.2 cm³/mol. The van der Waals surface area contributed by atoms with Crippen molar-refractivity contribution >= 4 is 32.9 Å². The van der Waals surface area contributed by atoms with E-state index in [0.717, 1.165) is 23.2 Å². The molecule has 0 saturated heterocycles. The molecule has 0 amide bonds. The summed E-state index contributed by atoms with van der Waals surface area (Å²) in [5, 5.41) is 1.08. The molecule has 0 aromatic carbocycles. The molecule has 18 heavy (non-hydrogen) atoms. The molecule has 4 nitrogen and oxygen atoms in total. The smallest absolute Gasteiger partial charge is 0.180 e. The summed E-state index contributed by atoms with van der Waals surface area (Å²) in [6.07, 6.45) is 7.01. The van der Waals surface area contributed by atoms with Crippen molar-refractivity contribution in [1.82, 2.24) is 15.0 Å². The summed E-state index contributed by atoms with van der Waals surface area (Å²) in [4.78, 5) is 15.1. The summed E-state index contributed by atoms with van der Waals surface area (Å²) in [7, 11) is 2.07. The molecule has 0 saturated carbocycles. The molecule has 2 aromatic rings. The number of rotatable bonds is 6. The predicted octanol–water partition coefficient (Wildman–Crippen LogP) is 3.03. The molecule has 2 rings (SSSR count). The van der Waals surface area contributed by atoms with Gasteiger partial charge in [-0.25, -0.2) is 9.97 Å². The number of pyridine rings is 1. The van der Waals surface area contributed by atoms with Crippen LogP contribution in [0.15, 0.2) is 24.5 Å². The van der Waals surface area contributed by atoms with E-state index in [2.05, 4.69) is 42.8 Å². The monoisotopic (exact) mass is 308 g/mol. The Kier molecular flexibility index (Phi) is 4.87. The number of unbranched alkanes of at least 4 members (excludes halogenated alkanes) is 2. The molecule has 0 aliphatic rings. The second-order valence-corrected chi connectivity index (χ2v) is 5.03. The maximum atomic E-state index is 4.52. The fourth-order valence-electron chi connectivity index (χ4n) is 1.79. The number of hydrogen-bond donors (Lipinski definition) is 0. The van der Waals surface area contributed by atoms with E-state index in [1.807, 2.05) is 12.1 Å². The molecular formula is C13H17BrN4. The minimum absolute atomic E-state index is 0.710. The van der Waals surface area contributed by atoms with Crippen LogP contribution >= 0.6 is 15.9 Å². The number of alkyl halides is 1. The fourth-order valence-corrected chi connectivity index (χ4v) is 2.19. The molecule has 0 aliphatic carbocycles. The first-order chi connectivity index (χ1) is 8.81. The van der Waals surface area contributed by atoms with Crippen molar-refractivity contribution in [2.24, 2.45) is 0 Å². The number of fused-ring (bicyclic) bond motifs is 1. The Morgan fingerprint density at radius 1 is 1.11 bits per heavy atom. The SMILES string of the molecule is CN(CCCCCBr)c1ccc2nccnc2n1. The number of nitrogens with zero attached hydrogens (tertiary/aromatic N) is 4. The molecule has 0 radical (unpaired) electrons. The van der Waals surface area contributed by atoms with Crippen LogP contribution in [0.4, 0.5) is 5.82 Å². The van der Waals surface area contributed by atoms with Crippen LogP contribution in [0.3, 0.4) is 0 Å². The highest BCUT2D eigenvalue weighted by molar-refractivity contribution is 9.09. The second kappa shape index (κ2) is 6.64. The average Bonchev–Trinajstić information content (AvgIpc) is 2.43. The summed E-state index contributed by atoms with van der Waals surface area (Å²) < 4.78 is 0. The zero-order valence-corrected chi connectivity index (χ0v) is 12.1. The van der Waals surface area contributed by atoms with E-state index in [0.29, 0.717) is 5.65 Å². The topological polar surface area (TPSA) is 41.9 Å². The van der Waals surface area contributed by atoms with Gasteiger partial charge in [0, 0.05) is 31.3 Å². The molecule has 0 spiro atoms. The molecule has 0 unspecified atom stereocenters. The molecule has 96 valence electrons. The van der Waals surface area contributed by atoms with Crippen molar-refractivity contribution in [3.8, 4) is 0 Å². The third-order valence-electron chi connectivity index (χ3n) is 2.84. The van der Waals surface area contributed by atoms with Gasteiger partial charge >= 0.3 is 0 Å². The third-order valence-corrected chi connectivity index (χ3v) is 3.40. The molecular weight excluding hydrogens is 292 g/mol. The van der Waals surface area contributed by atoms with Gasteiger partial charge in [-0.1, -0.05) is 22.4 Å². The van der Waals surface area contributed by atoms with Crippen LogP contribution in [0, 0.1) is 0 Å². The van der Waals surface area contributed by atoms with Crippen LogP contribution in [0.5, 0.6) is 0 Å². The van der Waals surface area contributed by atoms with Gasteiger partial charge < -0.3 is 4.90 Å². The van der Waals surface area contributed by atoms with Crippen LogP contribution in [-0.2, 0) is 0 Å². The number of anilines is 1. The lowest BCUT2D eigenvalue weighted by molar-refractivity contribution is 0.707. The minimum atomic E-state index is 0.710. The Balaban J connectivity index is 2.01. The van der Waals surface area contributed by atoms with E-state index >= 15 is 0 Å². The van der Waals surface area contributed by atoms with Gasteiger partial charge in [0.25, 0.3) is 0 Å². The molecule has 2 aromatic heterocycles. The van der Waals surface area contributed by atoms with Gasteiger partial charge in [0.1, 0.15) is 11.3 Å². The van der Waals surface area contributed by atoms with E-state index in [4.69, 9.17) is 0 Å². The lowest BCUT2D eigenvalue weighted by Crippen LogP contribution is -2.19. The first kappa shape index (κ1) is 13.2. The van der Waals surface area contributed by atoms with E-state index < -0.39 is 0 Å². The molecule has 5 heteroatoms. The minimum Gasteiger partial charge on any atom is -0.360 e. The van der Waals surface area contributed by atoms with Crippen molar-refractivity contribution < 1.29 is 0 Å². The summed E-state index contributed by atoms with van der Waals surface area (Å²) >= 11 is 3.45. The Labute approximate surface area is 116 Å². The van der Waals surface area contributed by atoms with Gasteiger partial charge in [0.15, 0.2) is 5.65 Å². The van der Waals surface area contributed by atoms with Crippen LogP contribution in [-0.4, -0.2) is 33.9 Å². The van der Waals surface area contributed by atoms with Crippen LogP contribution < -0.4 is 4.90 Å². The van der Waals surface area contributed by atoms with E-state index in [1.165, 1.54) is 19.3 Å². The summed E-state index contributed by atoms with van der Waals surface area (Å²) in [6.45, 7) is 1.02. The zero-order chi connectivity index (χ0) is 12.8. The molecule has 0 bridgehead atoms. The van der Waals surface area contributed by atoms with Crippen LogP contribution in [0.1, 0.15) is 19.3 Å². The van der Waals surface area contributed by atoms with Crippen LogP contribution in [0.25, 0.3) is 11.2 Å².